The summed E-state index contributed by atoms with van der Waals surface area (Å²) in [7, 11) is -3.48. The number of furan rings is 1. The monoisotopic (exact) mass is 429 g/mol. The maximum Gasteiger partial charge on any atom is 0.354 e. The number of aryl methyl sites for hydroxylation is 2. The molecule has 2 amide bonds. The smallest absolute Gasteiger partial charge is 0.354 e. The quantitative estimate of drug-likeness (QED) is 0.672. The average Bonchev–Trinajstić information content (AvgIpc) is 3.33. The molecule has 2 aliphatic rings. The molecule has 1 aromatic heterocycles. The predicted molar refractivity (Wildman–Crippen MR) is 119 cm³/mol. The van der Waals surface area contributed by atoms with Gasteiger partial charge >= 0.3 is 6.03 Å². The van der Waals surface area contributed by atoms with Crippen molar-refractivity contribution in [2.45, 2.75) is 83.1 Å². The second kappa shape index (κ2) is 7.24. The van der Waals surface area contributed by atoms with Gasteiger partial charge in [-0.1, -0.05) is 33.8 Å². The molecule has 0 radical (unpaired) electrons. The molecule has 7 heteroatoms. The van der Waals surface area contributed by atoms with Crippen molar-refractivity contribution < 1.29 is 13.4 Å². The van der Waals surface area contributed by atoms with Gasteiger partial charge in [0.2, 0.25) is 5.09 Å². The number of urea groups is 1. The number of anilines is 1. The van der Waals surface area contributed by atoms with E-state index in [1.165, 1.54) is 22.3 Å². The van der Waals surface area contributed by atoms with Crippen molar-refractivity contribution >= 4 is 21.6 Å². The highest BCUT2D eigenvalue weighted by atomic mass is 32.2. The third-order valence-electron chi connectivity index (χ3n) is 6.34. The van der Waals surface area contributed by atoms with E-state index < -0.39 is 15.9 Å². The summed E-state index contributed by atoms with van der Waals surface area (Å²) >= 11 is 0. The third kappa shape index (κ3) is 3.69. The molecule has 0 saturated heterocycles. The van der Waals surface area contributed by atoms with Gasteiger partial charge in [-0.05, 0) is 84.2 Å². The number of fused-ring (bicyclic) bond motifs is 2. The van der Waals surface area contributed by atoms with Crippen LogP contribution in [0.15, 0.2) is 26.0 Å². The minimum absolute atomic E-state index is 0.0391. The van der Waals surface area contributed by atoms with Crippen molar-refractivity contribution in [2.24, 2.45) is 9.50 Å². The van der Waals surface area contributed by atoms with Crippen LogP contribution in [-0.4, -0.2) is 10.2 Å². The molecule has 162 valence electrons. The number of rotatable bonds is 2. The number of hydrogen-bond donors (Lipinski definition) is 2. The van der Waals surface area contributed by atoms with E-state index in [1.54, 1.807) is 13.0 Å². The Morgan fingerprint density at radius 1 is 1.23 bits per heavy atom. The zero-order valence-corrected chi connectivity index (χ0v) is 19.2. The summed E-state index contributed by atoms with van der Waals surface area (Å²) in [4.78, 5) is 12.8. The van der Waals surface area contributed by atoms with E-state index >= 15 is 0 Å². The number of amides is 2. The molecule has 1 unspecified atom stereocenters. The van der Waals surface area contributed by atoms with E-state index in [9.17, 15) is 9.00 Å². The molecule has 0 bridgehead atoms. The number of hydrogen-bond acceptors (Lipinski definition) is 3. The van der Waals surface area contributed by atoms with E-state index in [-0.39, 0.29) is 10.5 Å². The fourth-order valence-corrected chi connectivity index (χ4v) is 5.74. The zero-order chi connectivity index (χ0) is 21.8. The van der Waals surface area contributed by atoms with Crippen molar-refractivity contribution in [3.8, 4) is 0 Å². The van der Waals surface area contributed by atoms with Crippen LogP contribution in [0.25, 0.3) is 0 Å². The van der Waals surface area contributed by atoms with Crippen LogP contribution in [0.1, 0.15) is 80.0 Å². The lowest BCUT2D eigenvalue weighted by atomic mass is 9.87. The van der Waals surface area contributed by atoms with E-state index in [1.807, 2.05) is 20.8 Å². The molecule has 2 atom stereocenters. The molecule has 1 heterocycles. The molecule has 6 nitrogen and oxygen atoms in total. The first-order chi connectivity index (χ1) is 14.0. The minimum Gasteiger partial charge on any atom is -0.450 e. The van der Waals surface area contributed by atoms with Crippen LogP contribution in [-0.2, 0) is 34.6 Å². The lowest BCUT2D eigenvalue weighted by Crippen LogP contribution is -2.18. The van der Waals surface area contributed by atoms with Crippen LogP contribution >= 0.6 is 0 Å². The molecule has 0 fully saturated rings. The van der Waals surface area contributed by atoms with Gasteiger partial charge in [-0.3, -0.25) is 0 Å². The van der Waals surface area contributed by atoms with E-state index in [0.29, 0.717) is 11.7 Å². The summed E-state index contributed by atoms with van der Waals surface area (Å²) in [5.74, 6) is 1.12. The topological polar surface area (TPSA) is 97.7 Å². The van der Waals surface area contributed by atoms with Gasteiger partial charge in [0.15, 0.2) is 9.92 Å². The van der Waals surface area contributed by atoms with Gasteiger partial charge < -0.3 is 9.73 Å². The Kier molecular flexibility index (Phi) is 5.10. The Hall–Kier alpha value is -2.12. The van der Waals surface area contributed by atoms with Gasteiger partial charge in [-0.2, -0.15) is 0 Å². The molecule has 3 N–H and O–H groups in total. The van der Waals surface area contributed by atoms with Crippen molar-refractivity contribution in [2.75, 3.05) is 5.32 Å². The van der Waals surface area contributed by atoms with Crippen LogP contribution < -0.4 is 10.5 Å². The zero-order valence-electron chi connectivity index (χ0n) is 18.4. The molecular formula is C23H31N3O3S. The van der Waals surface area contributed by atoms with Crippen molar-refractivity contribution in [3.05, 3.63) is 45.7 Å². The summed E-state index contributed by atoms with van der Waals surface area (Å²) in [5, 5.41) is 8.95. The molecule has 30 heavy (non-hydrogen) atoms. The Bertz CT molecular complexity index is 1150. The lowest BCUT2D eigenvalue weighted by molar-refractivity contribution is 0.260. The molecule has 2 aromatic rings. The number of nitrogens with one attached hydrogen (secondary N) is 1. The van der Waals surface area contributed by atoms with E-state index in [0.717, 1.165) is 43.4 Å². The van der Waals surface area contributed by atoms with Gasteiger partial charge in [0, 0.05) is 5.69 Å². The van der Waals surface area contributed by atoms with Crippen molar-refractivity contribution in [1.82, 2.24) is 0 Å². The standard InChI is InChI=1S/C23H31N3O3S/c1-13-9-10-17-18(13)11-15-7-6-8-16(15)21(17)25-22(27)26-30(24,28)20-12-19(14(2)29-20)23(3,4)5/h11-13H,6-10H2,1-5H3,(H3,24,25,26,27,28)/t13-,30?/m0/s1. The second-order valence-corrected chi connectivity index (χ2v) is 11.3. The second-order valence-electron chi connectivity index (χ2n) is 9.63. The maximum atomic E-state index is 13.1. The van der Waals surface area contributed by atoms with Crippen molar-refractivity contribution in [3.63, 3.8) is 0 Å². The minimum atomic E-state index is -3.48. The summed E-state index contributed by atoms with van der Waals surface area (Å²) < 4.78 is 22.5. The molecule has 4 rings (SSSR count). The first-order valence-corrected chi connectivity index (χ1v) is 12.2. The van der Waals surface area contributed by atoms with Crippen LogP contribution in [0.5, 0.6) is 0 Å². The highest BCUT2D eigenvalue weighted by Gasteiger charge is 2.29. The molecule has 2 aliphatic carbocycles. The molecule has 0 spiro atoms. The normalized spacial score (nSPS) is 19.9. The molecule has 0 aliphatic heterocycles. The SMILES string of the molecule is Cc1oc(S(N)(=O)=NC(=O)Nc2c3c(cc4c2CC[C@@H]4C)CCC3)cc1C(C)(C)C. The Morgan fingerprint density at radius 3 is 2.63 bits per heavy atom. The Labute approximate surface area is 178 Å². The average molecular weight is 430 g/mol. The van der Waals surface area contributed by atoms with E-state index in [4.69, 9.17) is 9.56 Å². The van der Waals surface area contributed by atoms with Gasteiger partial charge in [-0.25, -0.2) is 14.1 Å². The maximum absolute atomic E-state index is 13.1. The van der Waals surface area contributed by atoms with Gasteiger partial charge in [0.25, 0.3) is 0 Å². The van der Waals surface area contributed by atoms with Crippen molar-refractivity contribution in [1.29, 1.82) is 0 Å². The summed E-state index contributed by atoms with van der Waals surface area (Å²) in [5.41, 5.74) is 6.58. The Morgan fingerprint density at radius 2 is 1.97 bits per heavy atom. The predicted octanol–water partition coefficient (Wildman–Crippen LogP) is 5.36. The highest BCUT2D eigenvalue weighted by Crippen LogP contribution is 2.43. The van der Waals surface area contributed by atoms with Crippen LogP contribution in [0.4, 0.5) is 10.5 Å². The van der Waals surface area contributed by atoms with Crippen LogP contribution in [0.2, 0.25) is 0 Å². The van der Waals surface area contributed by atoms with Crippen LogP contribution in [0.3, 0.4) is 0 Å². The van der Waals surface area contributed by atoms with Gasteiger partial charge in [-0.15, -0.1) is 4.36 Å². The third-order valence-corrected chi connectivity index (χ3v) is 7.56. The van der Waals surface area contributed by atoms with E-state index in [2.05, 4.69) is 22.7 Å². The summed E-state index contributed by atoms with van der Waals surface area (Å²) in [6.07, 6.45) is 5.07. The number of benzene rings is 1. The molecule has 1 aromatic carbocycles. The highest BCUT2D eigenvalue weighted by molar-refractivity contribution is 7.91. The summed E-state index contributed by atoms with van der Waals surface area (Å²) in [6.45, 7) is 10.1. The first-order valence-electron chi connectivity index (χ1n) is 10.6. The van der Waals surface area contributed by atoms with Gasteiger partial charge in [0.1, 0.15) is 5.76 Å². The Balaban J connectivity index is 1.68. The number of nitrogens with zero attached hydrogens (tertiary/aromatic N) is 1. The summed E-state index contributed by atoms with van der Waals surface area (Å²) in [6, 6.07) is 3.29. The number of carbonyl (C=O) groups excluding carboxylic acids is 1. The molecule has 0 saturated carbocycles. The first kappa shape index (κ1) is 21.1. The lowest BCUT2D eigenvalue weighted by Gasteiger charge is -2.16. The molecular weight excluding hydrogens is 398 g/mol. The van der Waals surface area contributed by atoms with Crippen LogP contribution in [0, 0.1) is 6.92 Å². The fourth-order valence-electron chi connectivity index (χ4n) is 4.83. The van der Waals surface area contributed by atoms with Gasteiger partial charge in [0.05, 0.1) is 0 Å². The number of nitrogens with two attached hydrogens (primary N) is 1. The number of carbonyl (C=O) groups is 1. The largest absolute Gasteiger partial charge is 0.450 e. The fraction of sp³-hybridized carbons (Fsp3) is 0.522.